The number of amides is 1. The first-order chi connectivity index (χ1) is 10.2. The molecular weight excluding hydrogens is 262 g/mol. The molecule has 5 aliphatic rings. The molecule has 4 aliphatic carbocycles. The highest BCUT2D eigenvalue weighted by Gasteiger charge is 2.51. The van der Waals surface area contributed by atoms with Gasteiger partial charge in [0.05, 0.1) is 0 Å². The number of carbonyl (C=O) groups is 1. The average Bonchev–Trinajstić information content (AvgIpc) is 2.85. The Kier molecular flexibility index (Phi) is 3.52. The van der Waals surface area contributed by atoms with E-state index in [0.717, 1.165) is 50.1 Å². The Bertz CT molecular complexity index is 384. The van der Waals surface area contributed by atoms with E-state index >= 15 is 0 Å². The number of rotatable bonds is 4. The SMILES string of the molecule is O=C(CC12CC3CC(CC(C3)C1)C2)N1CCC(CCO)C1. The summed E-state index contributed by atoms with van der Waals surface area (Å²) in [4.78, 5) is 14.8. The average molecular weight is 291 g/mol. The van der Waals surface area contributed by atoms with E-state index < -0.39 is 0 Å². The zero-order chi connectivity index (χ0) is 14.4. The fourth-order valence-corrected chi connectivity index (χ4v) is 6.42. The minimum atomic E-state index is 0.266. The van der Waals surface area contributed by atoms with Crippen LogP contribution in [0.15, 0.2) is 0 Å². The van der Waals surface area contributed by atoms with Crippen molar-refractivity contribution >= 4 is 5.91 Å². The molecule has 4 saturated carbocycles. The Morgan fingerprint density at radius 2 is 1.71 bits per heavy atom. The maximum Gasteiger partial charge on any atom is 0.223 e. The fraction of sp³-hybridized carbons (Fsp3) is 0.944. The molecule has 4 bridgehead atoms. The van der Waals surface area contributed by atoms with Gasteiger partial charge in [0, 0.05) is 26.1 Å². The topological polar surface area (TPSA) is 40.5 Å². The lowest BCUT2D eigenvalue weighted by Gasteiger charge is -2.56. The van der Waals surface area contributed by atoms with Gasteiger partial charge in [0.2, 0.25) is 5.91 Å². The van der Waals surface area contributed by atoms with Gasteiger partial charge in [0.25, 0.3) is 0 Å². The monoisotopic (exact) mass is 291 g/mol. The number of likely N-dealkylation sites (tertiary alicyclic amines) is 1. The summed E-state index contributed by atoms with van der Waals surface area (Å²) in [6.45, 7) is 2.09. The molecule has 1 N–H and O–H groups in total. The van der Waals surface area contributed by atoms with Crippen LogP contribution in [0.1, 0.15) is 57.8 Å². The molecule has 5 rings (SSSR count). The Labute approximate surface area is 128 Å². The van der Waals surface area contributed by atoms with E-state index in [9.17, 15) is 4.79 Å². The van der Waals surface area contributed by atoms with Crippen molar-refractivity contribution in [1.29, 1.82) is 0 Å². The molecule has 1 atom stereocenters. The van der Waals surface area contributed by atoms with Crippen molar-refractivity contribution in [2.75, 3.05) is 19.7 Å². The van der Waals surface area contributed by atoms with E-state index in [1.54, 1.807) is 0 Å². The molecule has 3 heteroatoms. The Morgan fingerprint density at radius 3 is 2.29 bits per heavy atom. The third-order valence-electron chi connectivity index (χ3n) is 6.87. The molecule has 0 spiro atoms. The van der Waals surface area contributed by atoms with Gasteiger partial charge >= 0.3 is 0 Å². The second-order valence-corrected chi connectivity index (χ2v) is 8.60. The van der Waals surface area contributed by atoms with Crippen molar-refractivity contribution in [1.82, 2.24) is 4.90 Å². The van der Waals surface area contributed by atoms with Crippen molar-refractivity contribution < 1.29 is 9.90 Å². The van der Waals surface area contributed by atoms with Gasteiger partial charge in [-0.25, -0.2) is 0 Å². The first kappa shape index (κ1) is 14.0. The highest BCUT2D eigenvalue weighted by molar-refractivity contribution is 5.77. The lowest BCUT2D eigenvalue weighted by Crippen LogP contribution is -2.48. The van der Waals surface area contributed by atoms with Gasteiger partial charge in [-0.3, -0.25) is 4.79 Å². The molecule has 0 aromatic rings. The van der Waals surface area contributed by atoms with E-state index in [0.29, 0.717) is 17.2 Å². The second-order valence-electron chi connectivity index (χ2n) is 8.60. The summed E-state index contributed by atoms with van der Waals surface area (Å²) in [5.74, 6) is 3.76. The summed E-state index contributed by atoms with van der Waals surface area (Å²) in [5.41, 5.74) is 0.376. The van der Waals surface area contributed by atoms with Gasteiger partial charge in [-0.1, -0.05) is 0 Å². The second kappa shape index (κ2) is 5.26. The van der Waals surface area contributed by atoms with Crippen molar-refractivity contribution in [3.63, 3.8) is 0 Å². The molecule has 1 unspecified atom stereocenters. The van der Waals surface area contributed by atoms with Gasteiger partial charge in [-0.05, 0) is 80.5 Å². The summed E-state index contributed by atoms with van der Waals surface area (Å²) < 4.78 is 0. The largest absolute Gasteiger partial charge is 0.396 e. The standard InChI is InChI=1S/C18H29NO2/c20-4-2-13-1-3-19(12-13)17(21)11-18-8-14-5-15(9-18)7-16(6-14)10-18/h13-16,20H,1-12H2. The fourth-order valence-electron chi connectivity index (χ4n) is 6.42. The summed E-state index contributed by atoms with van der Waals surface area (Å²) in [7, 11) is 0. The van der Waals surface area contributed by atoms with Gasteiger partial charge in [0.1, 0.15) is 0 Å². The molecule has 0 aromatic heterocycles. The molecular formula is C18H29NO2. The van der Waals surface area contributed by atoms with E-state index in [-0.39, 0.29) is 6.61 Å². The summed E-state index contributed by atoms with van der Waals surface area (Å²) in [6.07, 6.45) is 11.1. The number of hydrogen-bond donors (Lipinski definition) is 1. The Hall–Kier alpha value is -0.570. The molecule has 0 aromatic carbocycles. The molecule has 1 amide bonds. The zero-order valence-electron chi connectivity index (χ0n) is 13.1. The van der Waals surface area contributed by atoms with Crippen LogP contribution in [0.2, 0.25) is 0 Å². The number of aliphatic hydroxyl groups excluding tert-OH is 1. The van der Waals surface area contributed by atoms with E-state index in [2.05, 4.69) is 4.90 Å². The maximum absolute atomic E-state index is 12.7. The third kappa shape index (κ3) is 2.62. The van der Waals surface area contributed by atoms with E-state index in [1.807, 2.05) is 0 Å². The number of aliphatic hydroxyl groups is 1. The summed E-state index contributed by atoms with van der Waals surface area (Å²) in [5, 5.41) is 9.06. The van der Waals surface area contributed by atoms with Crippen molar-refractivity contribution in [3.8, 4) is 0 Å². The summed E-state index contributed by atoms with van der Waals surface area (Å²) >= 11 is 0. The molecule has 118 valence electrons. The van der Waals surface area contributed by atoms with Gasteiger partial charge < -0.3 is 10.0 Å². The summed E-state index contributed by atoms with van der Waals surface area (Å²) in [6, 6.07) is 0. The normalized spacial score (nSPS) is 44.5. The lowest BCUT2D eigenvalue weighted by atomic mass is 9.49. The van der Waals surface area contributed by atoms with Crippen LogP contribution in [0.4, 0.5) is 0 Å². The Balaban J connectivity index is 1.39. The van der Waals surface area contributed by atoms with E-state index in [1.165, 1.54) is 38.5 Å². The van der Waals surface area contributed by atoms with Crippen LogP contribution in [-0.2, 0) is 4.79 Å². The highest BCUT2D eigenvalue weighted by Crippen LogP contribution is 2.61. The van der Waals surface area contributed by atoms with Crippen molar-refractivity contribution in [3.05, 3.63) is 0 Å². The lowest BCUT2D eigenvalue weighted by molar-refractivity contribution is -0.138. The van der Waals surface area contributed by atoms with Crippen LogP contribution in [0.25, 0.3) is 0 Å². The predicted octanol–water partition coefficient (Wildman–Crippen LogP) is 2.82. The molecule has 1 heterocycles. The number of carbonyl (C=O) groups excluding carboxylic acids is 1. The van der Waals surface area contributed by atoms with Gasteiger partial charge in [-0.15, -0.1) is 0 Å². The van der Waals surface area contributed by atoms with Crippen LogP contribution >= 0.6 is 0 Å². The Morgan fingerprint density at radius 1 is 1.10 bits per heavy atom. The first-order valence-electron chi connectivity index (χ1n) is 9.04. The zero-order valence-corrected chi connectivity index (χ0v) is 13.1. The number of nitrogens with zero attached hydrogens (tertiary/aromatic N) is 1. The molecule has 0 radical (unpaired) electrons. The van der Waals surface area contributed by atoms with Crippen LogP contribution in [0.3, 0.4) is 0 Å². The molecule has 1 aliphatic heterocycles. The van der Waals surface area contributed by atoms with Gasteiger partial charge in [0.15, 0.2) is 0 Å². The smallest absolute Gasteiger partial charge is 0.223 e. The molecule has 5 fully saturated rings. The minimum Gasteiger partial charge on any atom is -0.396 e. The first-order valence-corrected chi connectivity index (χ1v) is 9.04. The van der Waals surface area contributed by atoms with Crippen molar-refractivity contribution in [2.45, 2.75) is 57.8 Å². The van der Waals surface area contributed by atoms with E-state index in [4.69, 9.17) is 5.11 Å². The molecule has 1 saturated heterocycles. The maximum atomic E-state index is 12.7. The predicted molar refractivity (Wildman–Crippen MR) is 81.6 cm³/mol. The molecule has 3 nitrogen and oxygen atoms in total. The third-order valence-corrected chi connectivity index (χ3v) is 6.87. The van der Waals surface area contributed by atoms with Crippen LogP contribution in [-0.4, -0.2) is 35.6 Å². The molecule has 21 heavy (non-hydrogen) atoms. The van der Waals surface area contributed by atoms with Crippen LogP contribution < -0.4 is 0 Å². The highest BCUT2D eigenvalue weighted by atomic mass is 16.3. The minimum absolute atomic E-state index is 0.266. The van der Waals surface area contributed by atoms with Gasteiger partial charge in [-0.2, -0.15) is 0 Å². The van der Waals surface area contributed by atoms with Crippen LogP contribution in [0, 0.1) is 29.1 Å². The number of hydrogen-bond acceptors (Lipinski definition) is 2. The van der Waals surface area contributed by atoms with Crippen LogP contribution in [0.5, 0.6) is 0 Å². The van der Waals surface area contributed by atoms with Crippen molar-refractivity contribution in [2.24, 2.45) is 29.1 Å². The quantitative estimate of drug-likeness (QED) is 0.865.